The van der Waals surface area contributed by atoms with E-state index in [-0.39, 0.29) is 17.6 Å². The van der Waals surface area contributed by atoms with Crippen LogP contribution in [0.4, 0.5) is 0 Å². The second kappa shape index (κ2) is 13.9. The van der Waals surface area contributed by atoms with Crippen LogP contribution < -0.4 is 10.6 Å². The summed E-state index contributed by atoms with van der Waals surface area (Å²) < 4.78 is 0. The third-order valence-electron chi connectivity index (χ3n) is 3.26. The van der Waals surface area contributed by atoms with Gasteiger partial charge in [-0.3, -0.25) is 9.69 Å². The number of likely N-dealkylation sites (N-methyl/N-ethyl adjacent to an activating group) is 1. The average Bonchev–Trinajstić information content (AvgIpc) is 2.48. The molecule has 1 amide bonds. The molecule has 0 rings (SSSR count). The standard InChI is InChI=1S/C15H30ClN3O3/c1-13(20)5-3-4-6-15(22)18-8-10-19(9-7-17-2)12-14(21)11-16/h14,17,21H,3-12H2,1-2H3,(H,18,22). The lowest BCUT2D eigenvalue weighted by Crippen LogP contribution is -2.42. The van der Waals surface area contributed by atoms with Crippen molar-refractivity contribution in [3.63, 3.8) is 0 Å². The van der Waals surface area contributed by atoms with Crippen molar-refractivity contribution in [2.24, 2.45) is 0 Å². The normalized spacial score (nSPS) is 12.4. The zero-order valence-corrected chi connectivity index (χ0v) is 14.5. The number of halogens is 1. The van der Waals surface area contributed by atoms with E-state index in [4.69, 9.17) is 11.6 Å². The van der Waals surface area contributed by atoms with Gasteiger partial charge >= 0.3 is 0 Å². The molecule has 1 unspecified atom stereocenters. The molecule has 0 heterocycles. The summed E-state index contributed by atoms with van der Waals surface area (Å²) in [7, 11) is 1.87. The highest BCUT2D eigenvalue weighted by atomic mass is 35.5. The summed E-state index contributed by atoms with van der Waals surface area (Å²) in [5.74, 6) is 0.381. The number of nitrogens with one attached hydrogen (secondary N) is 2. The van der Waals surface area contributed by atoms with E-state index in [0.717, 1.165) is 25.9 Å². The maximum absolute atomic E-state index is 11.7. The second-order valence-electron chi connectivity index (χ2n) is 5.47. The first-order chi connectivity index (χ1) is 10.5. The van der Waals surface area contributed by atoms with Crippen molar-refractivity contribution in [3.05, 3.63) is 0 Å². The van der Waals surface area contributed by atoms with Crippen LogP contribution in [-0.4, -0.2) is 73.5 Å². The Labute approximate surface area is 138 Å². The summed E-state index contributed by atoms with van der Waals surface area (Å²) in [4.78, 5) is 24.5. The van der Waals surface area contributed by atoms with Gasteiger partial charge in [0.2, 0.25) is 5.91 Å². The highest BCUT2D eigenvalue weighted by Crippen LogP contribution is 2.00. The lowest BCUT2D eigenvalue weighted by Gasteiger charge is -2.24. The SMILES string of the molecule is CNCCN(CCNC(=O)CCCCC(C)=O)CC(O)CCl. The van der Waals surface area contributed by atoms with Crippen LogP contribution in [0, 0.1) is 0 Å². The predicted octanol–water partition coefficient (Wildman–Crippen LogP) is 0.373. The zero-order valence-electron chi connectivity index (χ0n) is 13.7. The number of hydrogen-bond donors (Lipinski definition) is 3. The van der Waals surface area contributed by atoms with Gasteiger partial charge in [-0.1, -0.05) is 0 Å². The quantitative estimate of drug-likeness (QED) is 0.316. The molecule has 7 heteroatoms. The van der Waals surface area contributed by atoms with Crippen LogP contribution >= 0.6 is 11.6 Å². The number of rotatable bonds is 14. The molecule has 0 aliphatic carbocycles. The van der Waals surface area contributed by atoms with Crippen molar-refractivity contribution in [3.8, 4) is 0 Å². The number of ketones is 1. The number of amides is 1. The number of nitrogens with zero attached hydrogens (tertiary/aromatic N) is 1. The first-order valence-corrected chi connectivity index (χ1v) is 8.40. The minimum Gasteiger partial charge on any atom is -0.391 e. The molecule has 130 valence electrons. The van der Waals surface area contributed by atoms with Crippen molar-refractivity contribution in [2.45, 2.75) is 38.7 Å². The summed E-state index contributed by atoms with van der Waals surface area (Å²) >= 11 is 5.62. The number of aliphatic hydroxyl groups is 1. The minimum absolute atomic E-state index is 0.00927. The van der Waals surface area contributed by atoms with Crippen LogP contribution in [-0.2, 0) is 9.59 Å². The number of carbonyl (C=O) groups is 2. The van der Waals surface area contributed by atoms with E-state index in [0.29, 0.717) is 32.5 Å². The third kappa shape index (κ3) is 13.0. The lowest BCUT2D eigenvalue weighted by atomic mass is 10.1. The molecule has 0 bridgehead atoms. The van der Waals surface area contributed by atoms with Gasteiger partial charge in [-0.25, -0.2) is 0 Å². The molecule has 0 aliphatic rings. The van der Waals surface area contributed by atoms with Crippen LogP contribution in [0.1, 0.15) is 32.6 Å². The summed E-state index contributed by atoms with van der Waals surface area (Å²) in [6.45, 7) is 4.89. The van der Waals surface area contributed by atoms with E-state index in [9.17, 15) is 14.7 Å². The van der Waals surface area contributed by atoms with Crippen LogP contribution in [0.25, 0.3) is 0 Å². The Bertz CT molecular complexity index is 316. The second-order valence-corrected chi connectivity index (χ2v) is 5.78. The smallest absolute Gasteiger partial charge is 0.220 e. The van der Waals surface area contributed by atoms with Crippen LogP contribution in [0.5, 0.6) is 0 Å². The highest BCUT2D eigenvalue weighted by Gasteiger charge is 2.11. The molecular weight excluding hydrogens is 306 g/mol. The number of aliphatic hydroxyl groups excluding tert-OH is 1. The van der Waals surface area contributed by atoms with Crippen LogP contribution in [0.15, 0.2) is 0 Å². The molecule has 6 nitrogen and oxygen atoms in total. The Hall–Kier alpha value is -0.690. The number of Topliss-reactive ketones (excluding diaryl/α,β-unsaturated/α-hetero) is 1. The minimum atomic E-state index is -0.555. The van der Waals surface area contributed by atoms with Crippen molar-refractivity contribution in [1.29, 1.82) is 0 Å². The zero-order chi connectivity index (χ0) is 16.8. The Morgan fingerprint density at radius 3 is 2.41 bits per heavy atom. The molecule has 0 saturated carbocycles. The molecule has 0 spiro atoms. The topological polar surface area (TPSA) is 81.7 Å². The monoisotopic (exact) mass is 335 g/mol. The van der Waals surface area contributed by atoms with Crippen molar-refractivity contribution >= 4 is 23.3 Å². The lowest BCUT2D eigenvalue weighted by molar-refractivity contribution is -0.121. The summed E-state index contributed by atoms with van der Waals surface area (Å²) in [6.07, 6.45) is 1.94. The van der Waals surface area contributed by atoms with Gasteiger partial charge in [0.15, 0.2) is 0 Å². The Balaban J connectivity index is 3.84. The fraction of sp³-hybridized carbons (Fsp3) is 0.867. The molecule has 3 N–H and O–H groups in total. The van der Waals surface area contributed by atoms with Crippen molar-refractivity contribution in [2.75, 3.05) is 45.7 Å². The van der Waals surface area contributed by atoms with E-state index in [2.05, 4.69) is 15.5 Å². The fourth-order valence-corrected chi connectivity index (χ4v) is 2.11. The van der Waals surface area contributed by atoms with Gasteiger partial charge in [0, 0.05) is 51.4 Å². The number of carbonyl (C=O) groups excluding carboxylic acids is 2. The molecule has 22 heavy (non-hydrogen) atoms. The molecule has 0 fully saturated rings. The van der Waals surface area contributed by atoms with Gasteiger partial charge in [0.25, 0.3) is 0 Å². The number of unbranched alkanes of at least 4 members (excludes halogenated alkanes) is 1. The molecule has 0 aromatic rings. The van der Waals surface area contributed by atoms with Crippen LogP contribution in [0.3, 0.4) is 0 Å². The number of hydrogen-bond acceptors (Lipinski definition) is 5. The van der Waals surface area contributed by atoms with E-state index < -0.39 is 6.10 Å². The van der Waals surface area contributed by atoms with Gasteiger partial charge in [-0.05, 0) is 26.8 Å². The predicted molar refractivity (Wildman–Crippen MR) is 89.3 cm³/mol. The van der Waals surface area contributed by atoms with E-state index >= 15 is 0 Å². The number of alkyl halides is 1. The molecule has 0 radical (unpaired) electrons. The van der Waals surface area contributed by atoms with Crippen molar-refractivity contribution < 1.29 is 14.7 Å². The molecule has 1 atom stereocenters. The summed E-state index contributed by atoms with van der Waals surface area (Å²) in [5, 5.41) is 15.5. The maximum atomic E-state index is 11.7. The van der Waals surface area contributed by atoms with E-state index in [1.54, 1.807) is 6.92 Å². The molecule has 0 saturated heterocycles. The molecular formula is C15H30ClN3O3. The third-order valence-corrected chi connectivity index (χ3v) is 3.61. The first-order valence-electron chi connectivity index (χ1n) is 7.86. The van der Waals surface area contributed by atoms with Gasteiger partial charge in [0.05, 0.1) is 6.10 Å². The van der Waals surface area contributed by atoms with Crippen LogP contribution in [0.2, 0.25) is 0 Å². The average molecular weight is 336 g/mol. The summed E-state index contributed by atoms with van der Waals surface area (Å²) in [5.41, 5.74) is 0. The Morgan fingerprint density at radius 1 is 1.18 bits per heavy atom. The van der Waals surface area contributed by atoms with E-state index in [1.807, 2.05) is 7.05 Å². The van der Waals surface area contributed by atoms with Gasteiger partial charge in [0.1, 0.15) is 5.78 Å². The van der Waals surface area contributed by atoms with Gasteiger partial charge < -0.3 is 20.5 Å². The molecule has 0 aromatic carbocycles. The van der Waals surface area contributed by atoms with Gasteiger partial charge in [-0.2, -0.15) is 0 Å². The van der Waals surface area contributed by atoms with E-state index in [1.165, 1.54) is 0 Å². The largest absolute Gasteiger partial charge is 0.391 e. The summed E-state index contributed by atoms with van der Waals surface area (Å²) in [6, 6.07) is 0. The first kappa shape index (κ1) is 21.3. The molecule has 0 aliphatic heterocycles. The highest BCUT2D eigenvalue weighted by molar-refractivity contribution is 6.18. The Morgan fingerprint density at radius 2 is 1.82 bits per heavy atom. The molecule has 0 aromatic heterocycles. The van der Waals surface area contributed by atoms with Crippen molar-refractivity contribution in [1.82, 2.24) is 15.5 Å². The fourth-order valence-electron chi connectivity index (χ4n) is 2.01. The Kier molecular flexibility index (Phi) is 13.5. The maximum Gasteiger partial charge on any atom is 0.220 e. The van der Waals surface area contributed by atoms with Gasteiger partial charge in [-0.15, -0.1) is 11.6 Å².